The highest BCUT2D eigenvalue weighted by molar-refractivity contribution is 8.00. The van der Waals surface area contributed by atoms with Crippen LogP contribution in [-0.4, -0.2) is 27.7 Å². The fraction of sp³-hybridized carbons (Fsp3) is 0.833. The molecule has 0 radical (unpaired) electrons. The molecule has 0 bridgehead atoms. The van der Waals surface area contributed by atoms with Gasteiger partial charge in [-0.2, -0.15) is 4.37 Å². The van der Waals surface area contributed by atoms with E-state index in [-0.39, 0.29) is 0 Å². The number of thioether (sulfide) groups is 1. The summed E-state index contributed by atoms with van der Waals surface area (Å²) < 4.78 is 5.15. The molecule has 1 aromatic rings. The molecule has 1 N–H and O–H groups in total. The second kappa shape index (κ2) is 7.34. The van der Waals surface area contributed by atoms with Crippen molar-refractivity contribution in [3.63, 3.8) is 0 Å². The SMILES string of the molecule is CCNC(CSc1ncns1)C1CCCCC1. The lowest BCUT2D eigenvalue weighted by Gasteiger charge is -2.30. The maximum atomic E-state index is 4.24. The first-order chi connectivity index (χ1) is 8.40. The number of nitrogens with zero attached hydrogens (tertiary/aromatic N) is 2. The first-order valence-electron chi connectivity index (χ1n) is 6.53. The Hall–Kier alpha value is -0.130. The molecule has 96 valence electrons. The van der Waals surface area contributed by atoms with Crippen LogP contribution in [0, 0.1) is 5.92 Å². The molecule has 1 fully saturated rings. The van der Waals surface area contributed by atoms with Crippen molar-refractivity contribution in [2.24, 2.45) is 5.92 Å². The molecular formula is C12H21N3S2. The van der Waals surface area contributed by atoms with Gasteiger partial charge < -0.3 is 5.32 Å². The number of hydrogen-bond acceptors (Lipinski definition) is 5. The summed E-state index contributed by atoms with van der Waals surface area (Å²) in [6, 6.07) is 0.647. The Morgan fingerprint density at radius 1 is 1.47 bits per heavy atom. The van der Waals surface area contributed by atoms with E-state index in [1.54, 1.807) is 6.33 Å². The monoisotopic (exact) mass is 271 g/mol. The predicted molar refractivity (Wildman–Crippen MR) is 74.7 cm³/mol. The summed E-state index contributed by atoms with van der Waals surface area (Å²) >= 11 is 3.35. The Bertz CT molecular complexity index is 297. The molecule has 0 aliphatic heterocycles. The van der Waals surface area contributed by atoms with E-state index >= 15 is 0 Å². The van der Waals surface area contributed by atoms with E-state index in [1.165, 1.54) is 43.6 Å². The maximum Gasteiger partial charge on any atom is 0.169 e. The maximum absolute atomic E-state index is 4.24. The van der Waals surface area contributed by atoms with Crippen molar-refractivity contribution in [3.8, 4) is 0 Å². The van der Waals surface area contributed by atoms with Gasteiger partial charge in [-0.25, -0.2) is 4.98 Å². The highest BCUT2D eigenvalue weighted by atomic mass is 32.2. The second-order valence-corrected chi connectivity index (χ2v) is 6.63. The Kier molecular flexibility index (Phi) is 5.74. The molecule has 1 heterocycles. The minimum Gasteiger partial charge on any atom is -0.313 e. The summed E-state index contributed by atoms with van der Waals surface area (Å²) in [5, 5.41) is 3.65. The van der Waals surface area contributed by atoms with E-state index in [9.17, 15) is 0 Å². The second-order valence-electron chi connectivity index (χ2n) is 4.58. The molecule has 1 atom stereocenters. The van der Waals surface area contributed by atoms with Gasteiger partial charge in [0.05, 0.1) is 0 Å². The predicted octanol–water partition coefficient (Wildman–Crippen LogP) is 3.19. The smallest absolute Gasteiger partial charge is 0.169 e. The molecule has 3 nitrogen and oxygen atoms in total. The zero-order chi connectivity index (χ0) is 11.9. The van der Waals surface area contributed by atoms with Crippen LogP contribution in [0.3, 0.4) is 0 Å². The van der Waals surface area contributed by atoms with Gasteiger partial charge in [0.1, 0.15) is 6.33 Å². The molecule has 0 spiro atoms. The molecule has 1 unspecified atom stereocenters. The largest absolute Gasteiger partial charge is 0.313 e. The Morgan fingerprint density at radius 3 is 2.94 bits per heavy atom. The highest BCUT2D eigenvalue weighted by Gasteiger charge is 2.23. The van der Waals surface area contributed by atoms with Crippen LogP contribution in [-0.2, 0) is 0 Å². The van der Waals surface area contributed by atoms with Crippen molar-refractivity contribution < 1.29 is 0 Å². The van der Waals surface area contributed by atoms with Crippen LogP contribution >= 0.6 is 23.3 Å². The minimum absolute atomic E-state index is 0.647. The van der Waals surface area contributed by atoms with Crippen molar-refractivity contribution in [2.45, 2.75) is 49.4 Å². The van der Waals surface area contributed by atoms with Crippen LogP contribution in [0.2, 0.25) is 0 Å². The van der Waals surface area contributed by atoms with E-state index in [0.717, 1.165) is 22.6 Å². The van der Waals surface area contributed by atoms with Crippen LogP contribution in [0.15, 0.2) is 10.7 Å². The van der Waals surface area contributed by atoms with Gasteiger partial charge in [-0.05, 0) is 36.8 Å². The summed E-state index contributed by atoms with van der Waals surface area (Å²) in [5.74, 6) is 2.00. The Labute approximate surface area is 112 Å². The average Bonchev–Trinajstić information content (AvgIpc) is 2.88. The molecule has 17 heavy (non-hydrogen) atoms. The van der Waals surface area contributed by atoms with E-state index in [1.807, 2.05) is 11.8 Å². The van der Waals surface area contributed by atoms with Crippen molar-refractivity contribution in [1.29, 1.82) is 0 Å². The third-order valence-electron chi connectivity index (χ3n) is 3.41. The van der Waals surface area contributed by atoms with Crippen molar-refractivity contribution >= 4 is 23.3 Å². The van der Waals surface area contributed by atoms with Gasteiger partial charge in [-0.15, -0.1) is 0 Å². The minimum atomic E-state index is 0.647. The van der Waals surface area contributed by atoms with E-state index in [2.05, 4.69) is 21.6 Å². The lowest BCUT2D eigenvalue weighted by molar-refractivity contribution is 0.288. The van der Waals surface area contributed by atoms with Crippen LogP contribution in [0.4, 0.5) is 0 Å². The van der Waals surface area contributed by atoms with E-state index < -0.39 is 0 Å². The van der Waals surface area contributed by atoms with Gasteiger partial charge in [0.15, 0.2) is 4.34 Å². The molecule has 0 aromatic carbocycles. The summed E-state index contributed by atoms with van der Waals surface area (Å²) in [4.78, 5) is 4.24. The third-order valence-corrected chi connectivity index (χ3v) is 5.33. The molecule has 1 saturated carbocycles. The molecular weight excluding hydrogens is 250 g/mol. The lowest BCUT2D eigenvalue weighted by atomic mass is 9.84. The zero-order valence-electron chi connectivity index (χ0n) is 10.4. The normalized spacial score (nSPS) is 19.4. The first-order valence-corrected chi connectivity index (χ1v) is 8.29. The summed E-state index contributed by atoms with van der Waals surface area (Å²) in [6.45, 7) is 3.27. The first kappa shape index (κ1) is 13.3. The fourth-order valence-electron chi connectivity index (χ4n) is 2.55. The van der Waals surface area contributed by atoms with Crippen LogP contribution < -0.4 is 5.32 Å². The molecule has 0 saturated heterocycles. The van der Waals surface area contributed by atoms with Gasteiger partial charge in [0.2, 0.25) is 0 Å². The average molecular weight is 271 g/mol. The van der Waals surface area contributed by atoms with Gasteiger partial charge >= 0.3 is 0 Å². The third kappa shape index (κ3) is 4.23. The van der Waals surface area contributed by atoms with Gasteiger partial charge in [0.25, 0.3) is 0 Å². The van der Waals surface area contributed by atoms with E-state index in [0.29, 0.717) is 6.04 Å². The van der Waals surface area contributed by atoms with Crippen molar-refractivity contribution in [3.05, 3.63) is 6.33 Å². The van der Waals surface area contributed by atoms with Gasteiger partial charge in [-0.3, -0.25) is 0 Å². The molecule has 0 amide bonds. The molecule has 1 aliphatic carbocycles. The topological polar surface area (TPSA) is 37.8 Å². The molecule has 5 heteroatoms. The highest BCUT2D eigenvalue weighted by Crippen LogP contribution is 2.29. The summed E-state index contributed by atoms with van der Waals surface area (Å²) in [7, 11) is 0. The number of hydrogen-bond donors (Lipinski definition) is 1. The Morgan fingerprint density at radius 2 is 2.29 bits per heavy atom. The van der Waals surface area contributed by atoms with Crippen molar-refractivity contribution in [1.82, 2.24) is 14.7 Å². The fourth-order valence-corrected chi connectivity index (χ4v) is 4.20. The molecule has 2 rings (SSSR count). The van der Waals surface area contributed by atoms with E-state index in [4.69, 9.17) is 0 Å². The van der Waals surface area contributed by atoms with Crippen LogP contribution in [0.25, 0.3) is 0 Å². The van der Waals surface area contributed by atoms with Crippen molar-refractivity contribution in [2.75, 3.05) is 12.3 Å². The summed E-state index contributed by atoms with van der Waals surface area (Å²) in [6.07, 6.45) is 8.70. The molecule has 1 aromatic heterocycles. The number of rotatable bonds is 6. The Balaban J connectivity index is 1.82. The number of nitrogens with one attached hydrogen (secondary N) is 1. The van der Waals surface area contributed by atoms with Crippen LogP contribution in [0.1, 0.15) is 39.0 Å². The zero-order valence-corrected chi connectivity index (χ0v) is 12.0. The number of aromatic nitrogens is 2. The van der Waals surface area contributed by atoms with Crippen LogP contribution in [0.5, 0.6) is 0 Å². The lowest BCUT2D eigenvalue weighted by Crippen LogP contribution is -2.39. The quantitative estimate of drug-likeness (QED) is 0.806. The molecule has 1 aliphatic rings. The van der Waals surface area contributed by atoms with Gasteiger partial charge in [-0.1, -0.05) is 37.9 Å². The standard InChI is InChI=1S/C12H21N3S2/c1-2-13-11(10-6-4-3-5-7-10)8-16-12-14-9-15-17-12/h9-11,13H,2-8H2,1H3. The summed E-state index contributed by atoms with van der Waals surface area (Å²) in [5.41, 5.74) is 0. The van der Waals surface area contributed by atoms with Gasteiger partial charge in [0, 0.05) is 11.8 Å².